The van der Waals surface area contributed by atoms with Crippen LogP contribution in [0, 0.1) is 0 Å². The van der Waals surface area contributed by atoms with Crippen LogP contribution in [0.5, 0.6) is 5.75 Å². The topological polar surface area (TPSA) is 20.2 Å². The summed E-state index contributed by atoms with van der Waals surface area (Å²) < 4.78 is 1.09. The maximum atomic E-state index is 9.32. The molecule has 0 saturated carbocycles. The molecule has 0 saturated heterocycles. The zero-order chi connectivity index (χ0) is 12.5. The maximum absolute atomic E-state index is 9.32. The zero-order valence-corrected chi connectivity index (χ0v) is 11.5. The molecule has 0 spiro atoms. The van der Waals surface area contributed by atoms with E-state index in [4.69, 9.17) is 0 Å². The van der Waals surface area contributed by atoms with Gasteiger partial charge in [0.1, 0.15) is 5.75 Å². The second-order valence-electron chi connectivity index (χ2n) is 4.68. The Morgan fingerprint density at radius 2 is 1.24 bits per heavy atom. The third-order valence-corrected chi connectivity index (χ3v) is 3.68. The minimum Gasteiger partial charge on any atom is -0.508 e. The normalized spacial score (nSPS) is 11.5. The lowest BCUT2D eigenvalue weighted by Crippen LogP contribution is -2.18. The lowest BCUT2D eigenvalue weighted by atomic mass is 9.78. The second kappa shape index (κ2) is 4.53. The monoisotopic (exact) mass is 290 g/mol. The third-order valence-electron chi connectivity index (χ3n) is 3.15. The standard InChI is InChI=1S/C15H15BrO/c1-15(2,11-3-7-13(16)8-4-11)12-5-9-14(17)10-6-12/h3-10,17H,1-2H3. The molecule has 0 amide bonds. The molecule has 0 aliphatic heterocycles. The molecular weight excluding hydrogens is 276 g/mol. The summed E-state index contributed by atoms with van der Waals surface area (Å²) in [6.07, 6.45) is 0. The summed E-state index contributed by atoms with van der Waals surface area (Å²) in [4.78, 5) is 0. The van der Waals surface area contributed by atoms with Gasteiger partial charge in [0.15, 0.2) is 0 Å². The Balaban J connectivity index is 2.41. The van der Waals surface area contributed by atoms with Gasteiger partial charge in [-0.2, -0.15) is 0 Å². The van der Waals surface area contributed by atoms with Gasteiger partial charge < -0.3 is 5.11 Å². The van der Waals surface area contributed by atoms with Gasteiger partial charge in [0.2, 0.25) is 0 Å². The van der Waals surface area contributed by atoms with E-state index in [1.807, 2.05) is 12.1 Å². The van der Waals surface area contributed by atoms with Gasteiger partial charge in [-0.25, -0.2) is 0 Å². The maximum Gasteiger partial charge on any atom is 0.115 e. The minimum absolute atomic E-state index is 0.0611. The van der Waals surface area contributed by atoms with E-state index in [9.17, 15) is 5.11 Å². The number of benzene rings is 2. The van der Waals surface area contributed by atoms with Crippen molar-refractivity contribution in [2.75, 3.05) is 0 Å². The third kappa shape index (κ3) is 2.52. The van der Waals surface area contributed by atoms with E-state index in [0.29, 0.717) is 5.75 Å². The second-order valence-corrected chi connectivity index (χ2v) is 5.59. The van der Waals surface area contributed by atoms with Crippen molar-refractivity contribution in [1.82, 2.24) is 0 Å². The molecule has 17 heavy (non-hydrogen) atoms. The average molecular weight is 291 g/mol. The first-order chi connectivity index (χ1) is 8.00. The predicted octanol–water partition coefficient (Wildman–Crippen LogP) is 4.48. The van der Waals surface area contributed by atoms with Gasteiger partial charge in [-0.15, -0.1) is 0 Å². The van der Waals surface area contributed by atoms with Gasteiger partial charge in [0.05, 0.1) is 0 Å². The van der Waals surface area contributed by atoms with E-state index < -0.39 is 0 Å². The van der Waals surface area contributed by atoms with Crippen molar-refractivity contribution in [2.24, 2.45) is 0 Å². The molecule has 0 fully saturated rings. The summed E-state index contributed by atoms with van der Waals surface area (Å²) in [6.45, 7) is 4.37. The predicted molar refractivity (Wildman–Crippen MR) is 74.4 cm³/mol. The van der Waals surface area contributed by atoms with Crippen molar-refractivity contribution in [1.29, 1.82) is 0 Å². The quantitative estimate of drug-likeness (QED) is 0.865. The Kier molecular flexibility index (Phi) is 3.25. The number of rotatable bonds is 2. The van der Waals surface area contributed by atoms with Crippen molar-refractivity contribution >= 4 is 15.9 Å². The average Bonchev–Trinajstić information content (AvgIpc) is 2.30. The summed E-state index contributed by atoms with van der Waals surface area (Å²) in [5, 5.41) is 9.32. The summed E-state index contributed by atoms with van der Waals surface area (Å²) >= 11 is 3.44. The molecule has 2 heteroatoms. The Bertz CT molecular complexity index is 450. The first-order valence-electron chi connectivity index (χ1n) is 5.56. The fraction of sp³-hybridized carbons (Fsp3) is 0.200. The first kappa shape index (κ1) is 12.2. The lowest BCUT2D eigenvalue weighted by molar-refractivity contribution is 0.474. The molecule has 0 atom stereocenters. The highest BCUT2D eigenvalue weighted by Crippen LogP contribution is 2.32. The van der Waals surface area contributed by atoms with Crippen molar-refractivity contribution in [3.8, 4) is 5.75 Å². The first-order valence-corrected chi connectivity index (χ1v) is 6.35. The van der Waals surface area contributed by atoms with Gasteiger partial charge in [0, 0.05) is 9.89 Å². The molecule has 0 radical (unpaired) electrons. The van der Waals surface area contributed by atoms with E-state index in [-0.39, 0.29) is 5.41 Å². The van der Waals surface area contributed by atoms with Gasteiger partial charge in [0.25, 0.3) is 0 Å². The van der Waals surface area contributed by atoms with Gasteiger partial charge in [-0.05, 0) is 35.4 Å². The zero-order valence-electron chi connectivity index (χ0n) is 9.94. The van der Waals surface area contributed by atoms with Gasteiger partial charge in [-0.1, -0.05) is 54.0 Å². The molecule has 1 nitrogen and oxygen atoms in total. The van der Waals surface area contributed by atoms with Gasteiger partial charge in [-0.3, -0.25) is 0 Å². The van der Waals surface area contributed by atoms with Crippen LogP contribution in [0.3, 0.4) is 0 Å². The summed E-state index contributed by atoms with van der Waals surface area (Å²) in [7, 11) is 0. The summed E-state index contributed by atoms with van der Waals surface area (Å²) in [6, 6.07) is 15.8. The Morgan fingerprint density at radius 3 is 1.71 bits per heavy atom. The van der Waals surface area contributed by atoms with E-state index in [1.54, 1.807) is 12.1 Å². The number of hydrogen-bond acceptors (Lipinski definition) is 1. The van der Waals surface area contributed by atoms with Crippen LogP contribution in [-0.4, -0.2) is 5.11 Å². The molecule has 0 aromatic heterocycles. The lowest BCUT2D eigenvalue weighted by Gasteiger charge is -2.26. The van der Waals surface area contributed by atoms with Crippen LogP contribution in [-0.2, 0) is 5.41 Å². The van der Waals surface area contributed by atoms with Crippen LogP contribution < -0.4 is 0 Å². The van der Waals surface area contributed by atoms with E-state index in [2.05, 4.69) is 54.0 Å². The van der Waals surface area contributed by atoms with E-state index in [1.165, 1.54) is 11.1 Å². The highest BCUT2D eigenvalue weighted by molar-refractivity contribution is 9.10. The van der Waals surface area contributed by atoms with Crippen LogP contribution in [0.25, 0.3) is 0 Å². The van der Waals surface area contributed by atoms with Crippen LogP contribution in [0.1, 0.15) is 25.0 Å². The smallest absolute Gasteiger partial charge is 0.115 e. The fourth-order valence-corrected chi connectivity index (χ4v) is 2.18. The molecule has 0 aliphatic rings. The fourth-order valence-electron chi connectivity index (χ4n) is 1.91. The molecular formula is C15H15BrO. The molecule has 0 bridgehead atoms. The summed E-state index contributed by atoms with van der Waals surface area (Å²) in [5.41, 5.74) is 2.39. The number of phenols is 1. The van der Waals surface area contributed by atoms with Crippen molar-refractivity contribution < 1.29 is 5.11 Å². The minimum atomic E-state index is -0.0611. The molecule has 2 aromatic carbocycles. The van der Waals surface area contributed by atoms with Crippen LogP contribution >= 0.6 is 15.9 Å². The van der Waals surface area contributed by atoms with Crippen LogP contribution in [0.2, 0.25) is 0 Å². The number of aromatic hydroxyl groups is 1. The number of phenolic OH excluding ortho intramolecular Hbond substituents is 1. The Hall–Kier alpha value is -1.28. The van der Waals surface area contributed by atoms with Crippen LogP contribution in [0.15, 0.2) is 53.0 Å². The van der Waals surface area contributed by atoms with Gasteiger partial charge >= 0.3 is 0 Å². The molecule has 0 heterocycles. The highest BCUT2D eigenvalue weighted by atomic mass is 79.9. The SMILES string of the molecule is CC(C)(c1ccc(O)cc1)c1ccc(Br)cc1. The Labute approximate surface area is 110 Å². The molecule has 0 aliphatic carbocycles. The van der Waals surface area contributed by atoms with Crippen molar-refractivity contribution in [2.45, 2.75) is 19.3 Å². The molecule has 88 valence electrons. The van der Waals surface area contributed by atoms with Crippen molar-refractivity contribution in [3.63, 3.8) is 0 Å². The van der Waals surface area contributed by atoms with E-state index in [0.717, 1.165) is 4.47 Å². The summed E-state index contributed by atoms with van der Waals surface area (Å²) in [5.74, 6) is 0.306. The van der Waals surface area contributed by atoms with Crippen molar-refractivity contribution in [3.05, 3.63) is 64.1 Å². The highest BCUT2D eigenvalue weighted by Gasteiger charge is 2.22. The number of hydrogen-bond donors (Lipinski definition) is 1. The van der Waals surface area contributed by atoms with Crippen LogP contribution in [0.4, 0.5) is 0 Å². The molecule has 0 unspecified atom stereocenters. The van der Waals surface area contributed by atoms with E-state index >= 15 is 0 Å². The largest absolute Gasteiger partial charge is 0.508 e. The molecule has 2 aromatic rings. The molecule has 1 N–H and O–H groups in total. The molecule has 2 rings (SSSR count). The Morgan fingerprint density at radius 1 is 0.824 bits per heavy atom. The number of halogens is 1.